The molecular weight excluding hydrogens is 458 g/mol. The molecule has 2 aromatic carbocycles. The Bertz CT molecular complexity index is 988. The summed E-state index contributed by atoms with van der Waals surface area (Å²) >= 11 is 0. The minimum Gasteiger partial charge on any atom is -0.494 e. The molecule has 1 N–H and O–H groups in total. The van der Waals surface area contributed by atoms with Crippen LogP contribution in [-0.4, -0.2) is 55.1 Å². The minimum absolute atomic E-state index is 0.118. The Balaban J connectivity index is 1.24. The maximum atomic E-state index is 11.4. The molecule has 37 heavy (non-hydrogen) atoms. The molecule has 4 heteroatoms. The molecule has 0 aromatic heterocycles. The molecule has 3 atom stereocenters. The molecule has 1 saturated carbocycles. The fourth-order valence-electron chi connectivity index (χ4n) is 7.44. The van der Waals surface area contributed by atoms with Gasteiger partial charge >= 0.3 is 0 Å². The number of unbranched alkanes of at least 4 members (excludes halogenated alkanes) is 2. The van der Waals surface area contributed by atoms with Crippen LogP contribution in [0.3, 0.4) is 0 Å². The standard InChI is InChI=1S/C33H47NO3/c1-2-15-32(35)16-17-33(25-27-9-5-3-6-10-27)29(26-32)12-11-28-24-30(13-14-31(28)33)37-21-8-4-7-18-34-19-22-36-23-20-34/h3,5-6,9-10,13-14,24,29,35H,2,4,7-8,11-12,15-23,25-26H2,1H3. The van der Waals surface area contributed by atoms with Crippen molar-refractivity contribution >= 4 is 0 Å². The van der Waals surface area contributed by atoms with E-state index in [4.69, 9.17) is 9.47 Å². The number of aliphatic hydroxyl groups is 1. The summed E-state index contributed by atoms with van der Waals surface area (Å²) < 4.78 is 11.7. The van der Waals surface area contributed by atoms with Gasteiger partial charge in [-0.1, -0.05) is 49.7 Å². The first-order valence-corrected chi connectivity index (χ1v) is 14.9. The van der Waals surface area contributed by atoms with Crippen molar-refractivity contribution in [1.82, 2.24) is 4.90 Å². The van der Waals surface area contributed by atoms with E-state index in [-0.39, 0.29) is 5.41 Å². The summed E-state index contributed by atoms with van der Waals surface area (Å²) in [4.78, 5) is 2.51. The number of nitrogens with zero attached hydrogens (tertiary/aromatic N) is 1. The van der Waals surface area contributed by atoms with Gasteiger partial charge in [-0.05, 0) is 105 Å². The van der Waals surface area contributed by atoms with E-state index in [1.165, 1.54) is 36.1 Å². The number of fused-ring (bicyclic) bond motifs is 3. The number of morpholine rings is 1. The monoisotopic (exact) mass is 505 g/mol. The van der Waals surface area contributed by atoms with Crippen molar-refractivity contribution in [3.63, 3.8) is 0 Å². The molecule has 3 aliphatic rings. The van der Waals surface area contributed by atoms with Crippen LogP contribution in [0, 0.1) is 5.92 Å². The van der Waals surface area contributed by atoms with Gasteiger partial charge < -0.3 is 14.6 Å². The van der Waals surface area contributed by atoms with Gasteiger partial charge in [0.15, 0.2) is 0 Å². The predicted molar refractivity (Wildman–Crippen MR) is 150 cm³/mol. The fraction of sp³-hybridized carbons (Fsp3) is 0.636. The van der Waals surface area contributed by atoms with E-state index >= 15 is 0 Å². The summed E-state index contributed by atoms with van der Waals surface area (Å²) in [6.45, 7) is 8.10. The molecule has 202 valence electrons. The summed E-state index contributed by atoms with van der Waals surface area (Å²) in [5, 5.41) is 11.4. The van der Waals surface area contributed by atoms with Crippen LogP contribution in [0.1, 0.15) is 81.4 Å². The lowest BCUT2D eigenvalue weighted by atomic mass is 9.52. The lowest BCUT2D eigenvalue weighted by Crippen LogP contribution is -2.51. The lowest BCUT2D eigenvalue weighted by Gasteiger charge is -2.53. The normalized spacial score (nSPS) is 27.9. The van der Waals surface area contributed by atoms with Gasteiger partial charge in [0.05, 0.1) is 25.4 Å². The number of aryl methyl sites for hydroxylation is 1. The zero-order valence-electron chi connectivity index (χ0n) is 22.9. The van der Waals surface area contributed by atoms with E-state index in [1.807, 2.05) is 0 Å². The quantitative estimate of drug-likeness (QED) is 0.363. The van der Waals surface area contributed by atoms with Crippen molar-refractivity contribution in [3.05, 3.63) is 65.2 Å². The molecule has 0 amide bonds. The first-order valence-electron chi connectivity index (χ1n) is 14.9. The fourth-order valence-corrected chi connectivity index (χ4v) is 7.44. The summed E-state index contributed by atoms with van der Waals surface area (Å²) in [6, 6.07) is 17.9. The molecule has 2 fully saturated rings. The summed E-state index contributed by atoms with van der Waals surface area (Å²) in [6.07, 6.45) is 11.8. The van der Waals surface area contributed by atoms with Crippen LogP contribution in [0.2, 0.25) is 0 Å². The predicted octanol–water partition coefficient (Wildman–Crippen LogP) is 6.33. The lowest BCUT2D eigenvalue weighted by molar-refractivity contribution is -0.0565. The largest absolute Gasteiger partial charge is 0.494 e. The van der Waals surface area contributed by atoms with E-state index in [0.29, 0.717) is 5.92 Å². The molecular formula is C33H47NO3. The van der Waals surface area contributed by atoms with E-state index in [1.54, 1.807) is 0 Å². The zero-order chi connectivity index (χ0) is 25.6. The van der Waals surface area contributed by atoms with Crippen molar-refractivity contribution in [2.24, 2.45) is 5.92 Å². The number of benzene rings is 2. The van der Waals surface area contributed by atoms with Gasteiger partial charge in [0.2, 0.25) is 0 Å². The third-order valence-corrected chi connectivity index (χ3v) is 9.39. The molecule has 4 nitrogen and oxygen atoms in total. The first-order chi connectivity index (χ1) is 18.1. The van der Waals surface area contributed by atoms with Gasteiger partial charge in [-0.25, -0.2) is 0 Å². The highest BCUT2D eigenvalue weighted by atomic mass is 16.5. The molecule has 3 unspecified atom stereocenters. The highest BCUT2D eigenvalue weighted by Crippen LogP contribution is 2.55. The average Bonchev–Trinajstić information content (AvgIpc) is 2.92. The van der Waals surface area contributed by atoms with Gasteiger partial charge in [0, 0.05) is 18.5 Å². The van der Waals surface area contributed by atoms with E-state index in [0.717, 1.165) is 96.4 Å². The first kappa shape index (κ1) is 26.7. The van der Waals surface area contributed by atoms with Crippen molar-refractivity contribution in [2.75, 3.05) is 39.5 Å². The molecule has 1 heterocycles. The number of hydrogen-bond acceptors (Lipinski definition) is 4. The van der Waals surface area contributed by atoms with Crippen LogP contribution in [0.25, 0.3) is 0 Å². The second kappa shape index (κ2) is 12.3. The van der Waals surface area contributed by atoms with Crippen LogP contribution in [0.4, 0.5) is 0 Å². The minimum atomic E-state index is -0.484. The van der Waals surface area contributed by atoms with Crippen molar-refractivity contribution < 1.29 is 14.6 Å². The highest BCUT2D eigenvalue weighted by molar-refractivity contribution is 5.45. The van der Waals surface area contributed by atoms with E-state index in [2.05, 4.69) is 60.4 Å². The number of rotatable bonds is 11. The van der Waals surface area contributed by atoms with Gasteiger partial charge in [0.25, 0.3) is 0 Å². The van der Waals surface area contributed by atoms with Gasteiger partial charge in [-0.2, -0.15) is 0 Å². The third-order valence-electron chi connectivity index (χ3n) is 9.39. The summed E-state index contributed by atoms with van der Waals surface area (Å²) in [5.74, 6) is 1.56. The summed E-state index contributed by atoms with van der Waals surface area (Å²) in [5.41, 5.74) is 4.04. The topological polar surface area (TPSA) is 41.9 Å². The van der Waals surface area contributed by atoms with Crippen LogP contribution in [-0.2, 0) is 23.0 Å². The molecule has 0 bridgehead atoms. The Morgan fingerprint density at radius 2 is 1.86 bits per heavy atom. The maximum Gasteiger partial charge on any atom is 0.119 e. The third kappa shape index (κ3) is 6.41. The van der Waals surface area contributed by atoms with Gasteiger partial charge in [-0.3, -0.25) is 4.90 Å². The average molecular weight is 506 g/mol. The molecule has 0 radical (unpaired) electrons. The second-order valence-corrected chi connectivity index (χ2v) is 11.9. The Morgan fingerprint density at radius 3 is 2.68 bits per heavy atom. The molecule has 5 rings (SSSR count). The summed E-state index contributed by atoms with van der Waals surface area (Å²) in [7, 11) is 0. The van der Waals surface area contributed by atoms with Gasteiger partial charge in [-0.15, -0.1) is 0 Å². The molecule has 2 aliphatic carbocycles. The zero-order valence-corrected chi connectivity index (χ0v) is 22.9. The Morgan fingerprint density at radius 1 is 1.03 bits per heavy atom. The van der Waals surface area contributed by atoms with E-state index in [9.17, 15) is 5.11 Å². The second-order valence-electron chi connectivity index (χ2n) is 11.9. The molecule has 0 spiro atoms. The Hall–Kier alpha value is -1.88. The van der Waals surface area contributed by atoms with Gasteiger partial charge in [0.1, 0.15) is 5.75 Å². The molecule has 1 aliphatic heterocycles. The SMILES string of the molecule is CCCC1(O)CCC2(Cc3ccccc3)c3ccc(OCCCCCN4CCOCC4)cc3CCC2C1. The van der Waals surface area contributed by atoms with Crippen LogP contribution in [0.5, 0.6) is 5.75 Å². The van der Waals surface area contributed by atoms with Crippen LogP contribution in [0.15, 0.2) is 48.5 Å². The maximum absolute atomic E-state index is 11.4. The molecule has 1 saturated heterocycles. The highest BCUT2D eigenvalue weighted by Gasteiger charge is 2.51. The van der Waals surface area contributed by atoms with Crippen molar-refractivity contribution in [2.45, 2.75) is 88.6 Å². The van der Waals surface area contributed by atoms with Crippen LogP contribution < -0.4 is 4.74 Å². The Kier molecular flexibility index (Phi) is 8.89. The molecule has 2 aromatic rings. The number of hydrogen-bond donors (Lipinski definition) is 1. The Labute approximate surface area is 224 Å². The van der Waals surface area contributed by atoms with E-state index < -0.39 is 5.60 Å². The van der Waals surface area contributed by atoms with Crippen molar-refractivity contribution in [3.8, 4) is 5.75 Å². The van der Waals surface area contributed by atoms with Crippen LogP contribution >= 0.6 is 0 Å². The number of ether oxygens (including phenoxy) is 2. The smallest absolute Gasteiger partial charge is 0.119 e. The van der Waals surface area contributed by atoms with Crippen molar-refractivity contribution in [1.29, 1.82) is 0 Å².